The number of carbonyl (C=O) groups excluding carboxylic acids is 1. The van der Waals surface area contributed by atoms with Crippen molar-refractivity contribution in [2.75, 3.05) is 13.2 Å². The maximum absolute atomic E-state index is 12.3. The largest absolute Gasteiger partial charge is 0.477 e. The van der Waals surface area contributed by atoms with Crippen LogP contribution in [-0.4, -0.2) is 38.8 Å². The number of ether oxygens (including phenoxy) is 1. The van der Waals surface area contributed by atoms with E-state index in [1.807, 2.05) is 6.92 Å². The van der Waals surface area contributed by atoms with Crippen LogP contribution in [0.4, 0.5) is 0 Å². The molecule has 0 aliphatic carbocycles. The lowest BCUT2D eigenvalue weighted by molar-refractivity contribution is 0.0949. The zero-order valence-electron chi connectivity index (χ0n) is 14.0. The van der Waals surface area contributed by atoms with Crippen molar-refractivity contribution >= 4 is 5.91 Å². The van der Waals surface area contributed by atoms with Crippen molar-refractivity contribution in [3.63, 3.8) is 0 Å². The molecular formula is C17H23N5O2. The summed E-state index contributed by atoms with van der Waals surface area (Å²) in [5.41, 5.74) is 0.458. The zero-order valence-corrected chi connectivity index (χ0v) is 14.0. The third-order valence-electron chi connectivity index (χ3n) is 4.12. The molecule has 0 unspecified atom stereocenters. The van der Waals surface area contributed by atoms with Crippen LogP contribution in [0.2, 0.25) is 0 Å². The lowest BCUT2D eigenvalue weighted by Crippen LogP contribution is -2.27. The first kappa shape index (κ1) is 16.4. The number of pyridine rings is 1. The molecule has 3 rings (SSSR count). The molecule has 128 valence electrons. The van der Waals surface area contributed by atoms with Gasteiger partial charge in [0, 0.05) is 32.1 Å². The first-order valence-electron chi connectivity index (χ1n) is 8.56. The minimum atomic E-state index is -0.179. The summed E-state index contributed by atoms with van der Waals surface area (Å²) < 4.78 is 7.60. The Balaban J connectivity index is 1.59. The molecule has 0 aromatic carbocycles. The van der Waals surface area contributed by atoms with Crippen LogP contribution in [0, 0.1) is 0 Å². The Hall–Kier alpha value is -2.44. The van der Waals surface area contributed by atoms with E-state index in [-0.39, 0.29) is 5.91 Å². The van der Waals surface area contributed by atoms with Crippen LogP contribution in [0.3, 0.4) is 0 Å². The van der Waals surface area contributed by atoms with E-state index in [2.05, 4.69) is 25.1 Å². The fraction of sp³-hybridized carbons (Fsp3) is 0.529. The van der Waals surface area contributed by atoms with Crippen LogP contribution in [0.25, 0.3) is 0 Å². The number of aromatic nitrogens is 4. The van der Waals surface area contributed by atoms with Crippen molar-refractivity contribution in [1.29, 1.82) is 0 Å². The number of carbonyl (C=O) groups is 1. The fourth-order valence-electron chi connectivity index (χ4n) is 2.93. The quantitative estimate of drug-likeness (QED) is 0.873. The average molecular weight is 329 g/mol. The molecule has 0 saturated heterocycles. The topological polar surface area (TPSA) is 81.9 Å². The Morgan fingerprint density at radius 3 is 3.12 bits per heavy atom. The highest BCUT2D eigenvalue weighted by atomic mass is 16.5. The first-order valence-corrected chi connectivity index (χ1v) is 8.56. The van der Waals surface area contributed by atoms with Crippen LogP contribution in [0.5, 0.6) is 5.88 Å². The van der Waals surface area contributed by atoms with Crippen LogP contribution < -0.4 is 10.1 Å². The van der Waals surface area contributed by atoms with Gasteiger partial charge in [-0.1, -0.05) is 6.42 Å². The van der Waals surface area contributed by atoms with Gasteiger partial charge in [-0.3, -0.25) is 4.79 Å². The molecule has 1 aliphatic rings. The van der Waals surface area contributed by atoms with E-state index in [9.17, 15) is 4.79 Å². The second kappa shape index (κ2) is 7.90. The van der Waals surface area contributed by atoms with E-state index in [0.29, 0.717) is 31.0 Å². The molecule has 0 fully saturated rings. The number of fused-ring (bicyclic) bond motifs is 1. The molecular weight excluding hydrogens is 306 g/mol. The Kier molecular flexibility index (Phi) is 5.40. The molecule has 1 aliphatic heterocycles. The van der Waals surface area contributed by atoms with Crippen molar-refractivity contribution in [3.05, 3.63) is 35.5 Å². The van der Waals surface area contributed by atoms with Crippen molar-refractivity contribution < 1.29 is 9.53 Å². The molecule has 1 amide bonds. The third kappa shape index (κ3) is 3.72. The Morgan fingerprint density at radius 1 is 1.33 bits per heavy atom. The number of hydrogen-bond acceptors (Lipinski definition) is 5. The van der Waals surface area contributed by atoms with Crippen molar-refractivity contribution in [2.24, 2.45) is 0 Å². The third-order valence-corrected chi connectivity index (χ3v) is 4.12. The van der Waals surface area contributed by atoms with E-state index in [0.717, 1.165) is 31.0 Å². The lowest BCUT2D eigenvalue weighted by atomic mass is 10.2. The van der Waals surface area contributed by atoms with Gasteiger partial charge in [0.05, 0.1) is 6.61 Å². The normalized spacial score (nSPS) is 13.9. The number of rotatable bonds is 6. The summed E-state index contributed by atoms with van der Waals surface area (Å²) in [6, 6.07) is 3.45. The van der Waals surface area contributed by atoms with Gasteiger partial charge in [-0.15, -0.1) is 10.2 Å². The predicted molar refractivity (Wildman–Crippen MR) is 89.0 cm³/mol. The summed E-state index contributed by atoms with van der Waals surface area (Å²) >= 11 is 0. The van der Waals surface area contributed by atoms with Gasteiger partial charge in [0.2, 0.25) is 5.88 Å². The SMILES string of the molecule is CCOc1ncccc1C(=O)NCCc1nnc2n1CCCCC2. The minimum Gasteiger partial charge on any atom is -0.477 e. The molecule has 2 aromatic rings. The van der Waals surface area contributed by atoms with Gasteiger partial charge < -0.3 is 14.6 Å². The highest BCUT2D eigenvalue weighted by molar-refractivity contribution is 5.96. The average Bonchev–Trinajstić information content (AvgIpc) is 2.82. The molecule has 0 bridgehead atoms. The maximum atomic E-state index is 12.3. The molecule has 7 nitrogen and oxygen atoms in total. The molecule has 0 radical (unpaired) electrons. The second-order valence-corrected chi connectivity index (χ2v) is 5.79. The Labute approximate surface area is 141 Å². The van der Waals surface area contributed by atoms with E-state index in [1.54, 1.807) is 18.3 Å². The number of aryl methyl sites for hydroxylation is 1. The maximum Gasteiger partial charge on any atom is 0.256 e. The molecule has 3 heterocycles. The standard InChI is InChI=1S/C17H23N5O2/c1-2-24-17-13(7-6-10-19-17)16(23)18-11-9-15-21-20-14-8-4-3-5-12-22(14)15/h6-7,10H,2-5,8-9,11-12H2,1H3,(H,18,23). The number of amides is 1. The molecule has 0 atom stereocenters. The molecule has 24 heavy (non-hydrogen) atoms. The van der Waals surface area contributed by atoms with E-state index in [1.165, 1.54) is 12.8 Å². The van der Waals surface area contributed by atoms with Crippen LogP contribution in [0.1, 0.15) is 48.2 Å². The van der Waals surface area contributed by atoms with Crippen LogP contribution >= 0.6 is 0 Å². The predicted octanol–water partition coefficient (Wildman–Crippen LogP) is 1.77. The summed E-state index contributed by atoms with van der Waals surface area (Å²) in [5.74, 6) is 2.21. The minimum absolute atomic E-state index is 0.179. The Bertz CT molecular complexity index is 698. The Morgan fingerprint density at radius 2 is 2.25 bits per heavy atom. The highest BCUT2D eigenvalue weighted by Gasteiger charge is 2.16. The smallest absolute Gasteiger partial charge is 0.256 e. The number of hydrogen-bond donors (Lipinski definition) is 1. The van der Waals surface area contributed by atoms with Gasteiger partial charge in [-0.05, 0) is 31.9 Å². The molecule has 7 heteroatoms. The van der Waals surface area contributed by atoms with Crippen LogP contribution in [0.15, 0.2) is 18.3 Å². The summed E-state index contributed by atoms with van der Waals surface area (Å²) in [6.45, 7) is 3.83. The summed E-state index contributed by atoms with van der Waals surface area (Å²) in [6.07, 6.45) is 6.86. The zero-order chi connectivity index (χ0) is 16.8. The summed E-state index contributed by atoms with van der Waals surface area (Å²) in [7, 11) is 0. The van der Waals surface area contributed by atoms with Gasteiger partial charge in [-0.2, -0.15) is 0 Å². The number of nitrogens with zero attached hydrogens (tertiary/aromatic N) is 4. The molecule has 0 spiro atoms. The summed E-state index contributed by atoms with van der Waals surface area (Å²) in [4.78, 5) is 16.4. The lowest BCUT2D eigenvalue weighted by Gasteiger charge is -2.10. The van der Waals surface area contributed by atoms with E-state index in [4.69, 9.17) is 4.74 Å². The second-order valence-electron chi connectivity index (χ2n) is 5.79. The van der Waals surface area contributed by atoms with Gasteiger partial charge in [0.15, 0.2) is 0 Å². The van der Waals surface area contributed by atoms with Gasteiger partial charge >= 0.3 is 0 Å². The van der Waals surface area contributed by atoms with Crippen molar-refractivity contribution in [3.8, 4) is 5.88 Å². The van der Waals surface area contributed by atoms with E-state index >= 15 is 0 Å². The number of nitrogens with one attached hydrogen (secondary N) is 1. The fourth-order valence-corrected chi connectivity index (χ4v) is 2.93. The highest BCUT2D eigenvalue weighted by Crippen LogP contribution is 2.15. The van der Waals surface area contributed by atoms with Gasteiger partial charge in [-0.25, -0.2) is 4.98 Å². The molecule has 0 saturated carbocycles. The molecule has 1 N–H and O–H groups in total. The summed E-state index contributed by atoms with van der Waals surface area (Å²) in [5, 5.41) is 11.5. The molecule has 2 aromatic heterocycles. The van der Waals surface area contributed by atoms with E-state index < -0.39 is 0 Å². The van der Waals surface area contributed by atoms with Gasteiger partial charge in [0.1, 0.15) is 17.2 Å². The van der Waals surface area contributed by atoms with Crippen molar-refractivity contribution in [1.82, 2.24) is 25.1 Å². The van der Waals surface area contributed by atoms with Crippen molar-refractivity contribution in [2.45, 2.75) is 45.6 Å². The first-order chi connectivity index (χ1) is 11.8. The van der Waals surface area contributed by atoms with Gasteiger partial charge in [0.25, 0.3) is 5.91 Å². The van der Waals surface area contributed by atoms with Crippen LogP contribution in [-0.2, 0) is 19.4 Å². The monoisotopic (exact) mass is 329 g/mol.